The van der Waals surface area contributed by atoms with Crippen molar-refractivity contribution in [3.63, 3.8) is 0 Å². The van der Waals surface area contributed by atoms with E-state index in [1.807, 2.05) is 12.1 Å². The lowest BCUT2D eigenvalue weighted by Crippen LogP contribution is -2.43. The van der Waals surface area contributed by atoms with Crippen molar-refractivity contribution in [2.45, 2.75) is 43.8 Å². The fraction of sp³-hybridized carbons (Fsp3) is 0.364. The van der Waals surface area contributed by atoms with Gasteiger partial charge in [-0.1, -0.05) is 23.2 Å². The van der Waals surface area contributed by atoms with Gasteiger partial charge in [-0.2, -0.15) is 0 Å². The number of aromatic nitrogens is 2. The van der Waals surface area contributed by atoms with Gasteiger partial charge in [-0.15, -0.1) is 0 Å². The number of hydrogen-bond acceptors (Lipinski definition) is 6. The Bertz CT molecular complexity index is 1130. The number of anilines is 3. The molecule has 162 valence electrons. The number of methoxy groups -OCH3 is 1. The SMILES string of the molecule is COc1cc2ncnc(Nc3ccc(Cl)c(Cl)c3F)c2cc1NC1C[C@H]2CC[C@@H](C1)N2. The van der Waals surface area contributed by atoms with E-state index in [2.05, 4.69) is 25.9 Å². The van der Waals surface area contributed by atoms with Crippen molar-refractivity contribution in [1.29, 1.82) is 0 Å². The number of ether oxygens (including phenoxy) is 1. The number of fused-ring (bicyclic) bond motifs is 3. The molecule has 0 radical (unpaired) electrons. The fourth-order valence-electron chi connectivity index (χ4n) is 4.61. The lowest BCUT2D eigenvalue weighted by molar-refractivity contribution is 0.375. The van der Waals surface area contributed by atoms with E-state index in [1.165, 1.54) is 25.2 Å². The van der Waals surface area contributed by atoms with Gasteiger partial charge in [-0.3, -0.25) is 0 Å². The van der Waals surface area contributed by atoms with Crippen molar-refractivity contribution >= 4 is 51.3 Å². The molecule has 9 heteroatoms. The van der Waals surface area contributed by atoms with Gasteiger partial charge in [0.25, 0.3) is 0 Å². The van der Waals surface area contributed by atoms with Crippen molar-refractivity contribution in [2.24, 2.45) is 0 Å². The molecule has 2 saturated heterocycles. The number of piperidine rings is 1. The number of halogens is 3. The summed E-state index contributed by atoms with van der Waals surface area (Å²) in [5, 5.41) is 11.1. The van der Waals surface area contributed by atoms with Gasteiger partial charge >= 0.3 is 0 Å². The first kappa shape index (κ1) is 20.5. The van der Waals surface area contributed by atoms with Crippen LogP contribution in [0.3, 0.4) is 0 Å². The monoisotopic (exact) mass is 461 g/mol. The summed E-state index contributed by atoms with van der Waals surface area (Å²) in [6.07, 6.45) is 6.03. The highest BCUT2D eigenvalue weighted by atomic mass is 35.5. The average Bonchev–Trinajstić information content (AvgIpc) is 3.12. The van der Waals surface area contributed by atoms with Crippen LogP contribution in [-0.2, 0) is 0 Å². The van der Waals surface area contributed by atoms with Gasteiger partial charge in [0.2, 0.25) is 0 Å². The summed E-state index contributed by atoms with van der Waals surface area (Å²) in [6.45, 7) is 0. The third-order valence-corrected chi connectivity index (χ3v) is 6.86. The van der Waals surface area contributed by atoms with Gasteiger partial charge in [-0.05, 0) is 43.9 Å². The molecule has 31 heavy (non-hydrogen) atoms. The summed E-state index contributed by atoms with van der Waals surface area (Å²) >= 11 is 11.9. The maximum atomic E-state index is 14.6. The summed E-state index contributed by atoms with van der Waals surface area (Å²) in [7, 11) is 1.64. The van der Waals surface area contributed by atoms with Crippen LogP contribution in [0.15, 0.2) is 30.6 Å². The summed E-state index contributed by atoms with van der Waals surface area (Å²) < 4.78 is 20.2. The Morgan fingerprint density at radius 1 is 1.10 bits per heavy atom. The van der Waals surface area contributed by atoms with Crippen molar-refractivity contribution < 1.29 is 9.13 Å². The van der Waals surface area contributed by atoms with E-state index < -0.39 is 5.82 Å². The molecule has 3 N–H and O–H groups in total. The largest absolute Gasteiger partial charge is 0.495 e. The summed E-state index contributed by atoms with van der Waals surface area (Å²) in [5.41, 5.74) is 1.74. The minimum absolute atomic E-state index is 0.130. The molecule has 2 fully saturated rings. The van der Waals surface area contributed by atoms with Crippen molar-refractivity contribution in [2.75, 3.05) is 17.7 Å². The van der Waals surface area contributed by atoms with Crippen LogP contribution in [0, 0.1) is 5.82 Å². The van der Waals surface area contributed by atoms with E-state index in [9.17, 15) is 4.39 Å². The lowest BCUT2D eigenvalue weighted by Gasteiger charge is -2.31. The number of benzene rings is 2. The molecule has 0 saturated carbocycles. The molecule has 1 aromatic heterocycles. The van der Waals surface area contributed by atoms with Crippen LogP contribution in [0.4, 0.5) is 21.6 Å². The van der Waals surface area contributed by atoms with Crippen LogP contribution < -0.4 is 20.7 Å². The molecule has 2 aliphatic rings. The predicted octanol–water partition coefficient (Wildman–Crippen LogP) is 5.52. The molecule has 1 unspecified atom stereocenters. The predicted molar refractivity (Wildman–Crippen MR) is 122 cm³/mol. The quantitative estimate of drug-likeness (QED) is 0.434. The van der Waals surface area contributed by atoms with Crippen molar-refractivity contribution in [3.8, 4) is 5.75 Å². The summed E-state index contributed by atoms with van der Waals surface area (Å²) in [4.78, 5) is 8.69. The average molecular weight is 462 g/mol. The second-order valence-electron chi connectivity index (χ2n) is 8.09. The first-order valence-electron chi connectivity index (χ1n) is 10.3. The molecule has 3 atom stereocenters. The van der Waals surface area contributed by atoms with Crippen LogP contribution in [0.5, 0.6) is 5.75 Å². The maximum absolute atomic E-state index is 14.6. The first-order chi connectivity index (χ1) is 15.0. The third-order valence-electron chi connectivity index (χ3n) is 6.08. The Morgan fingerprint density at radius 3 is 2.61 bits per heavy atom. The zero-order valence-corrected chi connectivity index (χ0v) is 18.4. The molecule has 2 bridgehead atoms. The molecular weight excluding hydrogens is 440 g/mol. The van der Waals surface area contributed by atoms with E-state index in [0.717, 1.165) is 23.9 Å². The van der Waals surface area contributed by atoms with Gasteiger partial charge in [0, 0.05) is 29.6 Å². The van der Waals surface area contributed by atoms with Crippen molar-refractivity contribution in [3.05, 3.63) is 46.5 Å². The highest BCUT2D eigenvalue weighted by Gasteiger charge is 2.33. The van der Waals surface area contributed by atoms with Crippen LogP contribution in [0.2, 0.25) is 10.0 Å². The number of hydrogen-bond donors (Lipinski definition) is 3. The van der Waals surface area contributed by atoms with Gasteiger partial charge in [0.05, 0.1) is 34.0 Å². The highest BCUT2D eigenvalue weighted by molar-refractivity contribution is 6.42. The Kier molecular flexibility index (Phi) is 5.50. The van der Waals surface area contributed by atoms with Crippen LogP contribution in [-0.4, -0.2) is 35.2 Å². The Hall–Kier alpha value is -2.35. The molecule has 6 nitrogen and oxygen atoms in total. The maximum Gasteiger partial charge on any atom is 0.166 e. The molecule has 3 heterocycles. The minimum Gasteiger partial charge on any atom is -0.495 e. The van der Waals surface area contributed by atoms with Gasteiger partial charge in [-0.25, -0.2) is 14.4 Å². The van der Waals surface area contributed by atoms with Gasteiger partial charge in [0.1, 0.15) is 17.9 Å². The lowest BCUT2D eigenvalue weighted by atomic mass is 9.99. The van der Waals surface area contributed by atoms with Crippen LogP contribution >= 0.6 is 23.2 Å². The standard InChI is InChI=1S/C22H22Cl2FN5O/c1-31-19-9-17-14(8-18(19)29-13-6-11-2-3-12(7-13)28-11)22(27-10-26-17)30-16-5-4-15(23)20(24)21(16)25/h4-5,8-13,28-29H,2-3,6-7H2,1H3,(H,26,27,30)/t11-,12+,13?. The van der Waals surface area contributed by atoms with E-state index in [4.69, 9.17) is 27.9 Å². The van der Waals surface area contributed by atoms with Gasteiger partial charge < -0.3 is 20.7 Å². The molecule has 2 aliphatic heterocycles. The first-order valence-corrected chi connectivity index (χ1v) is 11.0. The second-order valence-corrected chi connectivity index (χ2v) is 8.88. The highest BCUT2D eigenvalue weighted by Crippen LogP contribution is 2.37. The summed E-state index contributed by atoms with van der Waals surface area (Å²) in [6, 6.07) is 8.40. The van der Waals surface area contributed by atoms with E-state index in [0.29, 0.717) is 35.2 Å². The molecular formula is C22H22Cl2FN5O. The van der Waals surface area contributed by atoms with E-state index in [1.54, 1.807) is 13.2 Å². The Labute approximate surface area is 189 Å². The number of nitrogens with zero attached hydrogens (tertiary/aromatic N) is 2. The summed E-state index contributed by atoms with van der Waals surface area (Å²) in [5.74, 6) is 0.556. The molecule has 0 amide bonds. The zero-order valence-electron chi connectivity index (χ0n) is 16.9. The number of rotatable bonds is 5. The normalized spacial score (nSPS) is 22.5. The molecule has 2 aromatic carbocycles. The van der Waals surface area contributed by atoms with Gasteiger partial charge in [0.15, 0.2) is 5.82 Å². The van der Waals surface area contributed by atoms with Crippen LogP contribution in [0.1, 0.15) is 25.7 Å². The third kappa shape index (κ3) is 3.97. The smallest absolute Gasteiger partial charge is 0.166 e. The van der Waals surface area contributed by atoms with E-state index >= 15 is 0 Å². The molecule has 5 rings (SSSR count). The van der Waals surface area contributed by atoms with E-state index in [-0.39, 0.29) is 15.7 Å². The Morgan fingerprint density at radius 2 is 1.87 bits per heavy atom. The molecule has 3 aromatic rings. The zero-order chi connectivity index (χ0) is 21.5. The molecule has 0 aliphatic carbocycles. The Balaban J connectivity index is 1.50. The second kappa shape index (κ2) is 8.30. The fourth-order valence-corrected chi connectivity index (χ4v) is 4.92. The topological polar surface area (TPSA) is 71.1 Å². The van der Waals surface area contributed by atoms with Crippen molar-refractivity contribution in [1.82, 2.24) is 15.3 Å². The minimum atomic E-state index is -0.627. The molecule has 0 spiro atoms. The number of nitrogens with one attached hydrogen (secondary N) is 3. The van der Waals surface area contributed by atoms with Crippen LogP contribution in [0.25, 0.3) is 10.9 Å².